The molecular formula is C14H18ClNO3. The van der Waals surface area contributed by atoms with Crippen LogP contribution in [0.25, 0.3) is 0 Å². The number of amides is 1. The van der Waals surface area contributed by atoms with Gasteiger partial charge in [-0.1, -0.05) is 37.4 Å². The third-order valence-electron chi connectivity index (χ3n) is 2.82. The Kier molecular flexibility index (Phi) is 5.83. The minimum atomic E-state index is -1.02. The molecule has 19 heavy (non-hydrogen) atoms. The van der Waals surface area contributed by atoms with Gasteiger partial charge in [0, 0.05) is 0 Å². The van der Waals surface area contributed by atoms with Crippen LogP contribution in [0.15, 0.2) is 18.2 Å². The molecule has 0 saturated carbocycles. The molecule has 4 nitrogen and oxygen atoms in total. The molecule has 0 aliphatic rings. The van der Waals surface area contributed by atoms with Crippen molar-refractivity contribution in [3.63, 3.8) is 0 Å². The number of aliphatic carboxylic acids is 1. The quantitative estimate of drug-likeness (QED) is 0.843. The molecule has 0 spiro atoms. The van der Waals surface area contributed by atoms with Crippen LogP contribution in [0.4, 0.5) is 0 Å². The second-order valence-corrected chi connectivity index (χ2v) is 4.90. The van der Waals surface area contributed by atoms with Crippen molar-refractivity contribution in [2.45, 2.75) is 39.2 Å². The topological polar surface area (TPSA) is 66.4 Å². The molecule has 0 unspecified atom stereocenters. The van der Waals surface area contributed by atoms with E-state index in [1.54, 1.807) is 18.2 Å². The molecule has 5 heteroatoms. The van der Waals surface area contributed by atoms with Crippen molar-refractivity contribution in [1.29, 1.82) is 0 Å². The minimum absolute atomic E-state index is 0.301. The number of aryl methyl sites for hydroxylation is 1. The molecule has 0 fully saturated rings. The molecule has 0 aliphatic heterocycles. The normalized spacial score (nSPS) is 11.9. The number of halogens is 1. The Morgan fingerprint density at radius 3 is 2.63 bits per heavy atom. The van der Waals surface area contributed by atoms with Gasteiger partial charge < -0.3 is 10.4 Å². The molecule has 0 aliphatic carbocycles. The lowest BCUT2D eigenvalue weighted by Crippen LogP contribution is -2.40. The Labute approximate surface area is 117 Å². The Morgan fingerprint density at radius 1 is 1.42 bits per heavy atom. The van der Waals surface area contributed by atoms with Crippen LogP contribution in [0.5, 0.6) is 0 Å². The van der Waals surface area contributed by atoms with Gasteiger partial charge in [-0.25, -0.2) is 4.79 Å². The van der Waals surface area contributed by atoms with E-state index in [2.05, 4.69) is 5.32 Å². The smallest absolute Gasteiger partial charge is 0.326 e. The number of carboxylic acid groups (broad SMARTS) is 1. The predicted molar refractivity (Wildman–Crippen MR) is 74.6 cm³/mol. The van der Waals surface area contributed by atoms with Gasteiger partial charge in [-0.3, -0.25) is 4.79 Å². The zero-order valence-corrected chi connectivity index (χ0v) is 11.8. The highest BCUT2D eigenvalue weighted by atomic mass is 35.5. The first-order valence-corrected chi connectivity index (χ1v) is 6.63. The van der Waals surface area contributed by atoms with Crippen LogP contribution in [0.1, 0.15) is 42.1 Å². The summed E-state index contributed by atoms with van der Waals surface area (Å²) in [6.07, 6.45) is 2.05. The highest BCUT2D eigenvalue weighted by molar-refractivity contribution is 6.33. The molecule has 104 valence electrons. The number of carboxylic acids is 1. The van der Waals surface area contributed by atoms with Crippen LogP contribution in [0, 0.1) is 6.92 Å². The van der Waals surface area contributed by atoms with Crippen LogP contribution < -0.4 is 5.32 Å². The predicted octanol–water partition coefficient (Wildman–Crippen LogP) is 3.02. The summed E-state index contributed by atoms with van der Waals surface area (Å²) in [5.74, 6) is -1.47. The molecule has 1 atom stereocenters. The van der Waals surface area contributed by atoms with E-state index in [0.717, 1.165) is 18.4 Å². The van der Waals surface area contributed by atoms with Crippen LogP contribution in [0.2, 0.25) is 5.02 Å². The summed E-state index contributed by atoms with van der Waals surface area (Å²) in [5.41, 5.74) is 1.25. The summed E-state index contributed by atoms with van der Waals surface area (Å²) >= 11 is 5.98. The average molecular weight is 284 g/mol. The lowest BCUT2D eigenvalue weighted by Gasteiger charge is -2.14. The third-order valence-corrected chi connectivity index (χ3v) is 3.13. The summed E-state index contributed by atoms with van der Waals surface area (Å²) in [4.78, 5) is 23.1. The van der Waals surface area contributed by atoms with Crippen molar-refractivity contribution in [3.05, 3.63) is 34.3 Å². The number of hydrogen-bond donors (Lipinski definition) is 2. The Hall–Kier alpha value is -1.55. The number of carbonyl (C=O) groups is 2. The van der Waals surface area contributed by atoms with E-state index < -0.39 is 17.9 Å². The minimum Gasteiger partial charge on any atom is -0.480 e. The first kappa shape index (κ1) is 15.5. The van der Waals surface area contributed by atoms with Crippen molar-refractivity contribution in [2.75, 3.05) is 0 Å². The molecule has 0 bridgehead atoms. The molecule has 1 aromatic carbocycles. The van der Waals surface area contributed by atoms with E-state index in [0.29, 0.717) is 17.0 Å². The number of nitrogens with one attached hydrogen (secondary N) is 1. The lowest BCUT2D eigenvalue weighted by molar-refractivity contribution is -0.139. The van der Waals surface area contributed by atoms with E-state index in [9.17, 15) is 9.59 Å². The fraction of sp³-hybridized carbons (Fsp3) is 0.429. The number of hydrogen-bond acceptors (Lipinski definition) is 2. The van der Waals surface area contributed by atoms with Gasteiger partial charge in [-0.15, -0.1) is 0 Å². The summed E-state index contributed by atoms with van der Waals surface area (Å²) in [6, 6.07) is 4.18. The SMILES string of the molecule is CCCC[C@H](NC(=O)c1ccc(C)cc1Cl)C(=O)O. The molecule has 1 amide bonds. The Balaban J connectivity index is 2.78. The van der Waals surface area contributed by atoms with E-state index in [-0.39, 0.29) is 0 Å². The molecule has 0 aromatic heterocycles. The van der Waals surface area contributed by atoms with Gasteiger partial charge in [-0.2, -0.15) is 0 Å². The number of unbranched alkanes of at least 4 members (excludes halogenated alkanes) is 1. The largest absolute Gasteiger partial charge is 0.480 e. The Morgan fingerprint density at radius 2 is 2.11 bits per heavy atom. The summed E-state index contributed by atoms with van der Waals surface area (Å²) < 4.78 is 0. The maximum absolute atomic E-state index is 12.0. The number of benzene rings is 1. The highest BCUT2D eigenvalue weighted by Crippen LogP contribution is 2.17. The maximum atomic E-state index is 12.0. The zero-order valence-electron chi connectivity index (χ0n) is 11.1. The maximum Gasteiger partial charge on any atom is 0.326 e. The molecule has 0 saturated heterocycles. The monoisotopic (exact) mass is 283 g/mol. The molecule has 0 heterocycles. The van der Waals surface area contributed by atoms with E-state index in [4.69, 9.17) is 16.7 Å². The fourth-order valence-corrected chi connectivity index (χ4v) is 2.03. The van der Waals surface area contributed by atoms with E-state index in [1.165, 1.54) is 0 Å². The standard InChI is InChI=1S/C14H18ClNO3/c1-3-4-5-12(14(18)19)16-13(17)10-7-6-9(2)8-11(10)15/h6-8,12H,3-5H2,1-2H3,(H,16,17)(H,18,19)/t12-/m0/s1. The first-order chi connectivity index (χ1) is 8.95. The third kappa shape index (κ3) is 4.56. The van der Waals surface area contributed by atoms with E-state index in [1.807, 2.05) is 13.8 Å². The summed E-state index contributed by atoms with van der Waals surface area (Å²) in [7, 11) is 0. The second kappa shape index (κ2) is 7.14. The lowest BCUT2D eigenvalue weighted by atomic mass is 10.1. The van der Waals surface area contributed by atoms with Crippen LogP contribution >= 0.6 is 11.6 Å². The molecule has 2 N–H and O–H groups in total. The van der Waals surface area contributed by atoms with Crippen molar-refractivity contribution in [2.24, 2.45) is 0 Å². The van der Waals surface area contributed by atoms with Crippen molar-refractivity contribution in [1.82, 2.24) is 5.32 Å². The summed E-state index contributed by atoms with van der Waals surface area (Å²) in [6.45, 7) is 3.84. The van der Waals surface area contributed by atoms with Gasteiger partial charge in [0.15, 0.2) is 0 Å². The average Bonchev–Trinajstić information content (AvgIpc) is 2.33. The van der Waals surface area contributed by atoms with Crippen molar-refractivity contribution < 1.29 is 14.7 Å². The molecule has 0 radical (unpaired) electrons. The number of carbonyl (C=O) groups excluding carboxylic acids is 1. The highest BCUT2D eigenvalue weighted by Gasteiger charge is 2.21. The van der Waals surface area contributed by atoms with Gasteiger partial charge in [0.25, 0.3) is 5.91 Å². The number of rotatable bonds is 6. The molecular weight excluding hydrogens is 266 g/mol. The Bertz CT molecular complexity index is 474. The van der Waals surface area contributed by atoms with Gasteiger partial charge in [0.2, 0.25) is 0 Å². The summed E-state index contributed by atoms with van der Waals surface area (Å²) in [5, 5.41) is 11.9. The van der Waals surface area contributed by atoms with Crippen molar-refractivity contribution >= 4 is 23.5 Å². The van der Waals surface area contributed by atoms with Gasteiger partial charge in [0.05, 0.1) is 10.6 Å². The van der Waals surface area contributed by atoms with Crippen LogP contribution in [-0.4, -0.2) is 23.0 Å². The van der Waals surface area contributed by atoms with Crippen LogP contribution in [0.3, 0.4) is 0 Å². The van der Waals surface area contributed by atoms with Gasteiger partial charge in [-0.05, 0) is 31.0 Å². The van der Waals surface area contributed by atoms with Gasteiger partial charge in [0.1, 0.15) is 6.04 Å². The first-order valence-electron chi connectivity index (χ1n) is 6.25. The second-order valence-electron chi connectivity index (χ2n) is 4.49. The fourth-order valence-electron chi connectivity index (χ4n) is 1.71. The van der Waals surface area contributed by atoms with Gasteiger partial charge >= 0.3 is 5.97 Å². The van der Waals surface area contributed by atoms with E-state index >= 15 is 0 Å². The molecule has 1 rings (SSSR count). The van der Waals surface area contributed by atoms with Crippen LogP contribution in [-0.2, 0) is 4.79 Å². The zero-order chi connectivity index (χ0) is 14.4. The molecule has 1 aromatic rings. The van der Waals surface area contributed by atoms with Crippen molar-refractivity contribution in [3.8, 4) is 0 Å².